The van der Waals surface area contributed by atoms with Gasteiger partial charge in [0, 0.05) is 54.4 Å². The number of anilines is 1. The smallest absolute Gasteiger partial charge is 0.265 e. The largest absolute Gasteiger partial charge is 0.495 e. The number of rotatable bonds is 6. The highest BCUT2D eigenvalue weighted by molar-refractivity contribution is 7.83. The molecule has 1 unspecified atom stereocenters. The molecule has 33 heavy (non-hydrogen) atoms. The van der Waals surface area contributed by atoms with Crippen molar-refractivity contribution in [3.8, 4) is 5.75 Å². The highest BCUT2D eigenvalue weighted by Gasteiger charge is 2.29. The summed E-state index contributed by atoms with van der Waals surface area (Å²) in [6, 6.07) is 10.8. The maximum atomic E-state index is 13.6. The molecule has 0 radical (unpaired) electrons. The van der Waals surface area contributed by atoms with E-state index < -0.39 is 17.4 Å². The first kappa shape index (κ1) is 22.6. The third kappa shape index (κ3) is 4.24. The van der Waals surface area contributed by atoms with Crippen LogP contribution < -0.4 is 9.64 Å². The van der Waals surface area contributed by atoms with Gasteiger partial charge in [0.05, 0.1) is 23.2 Å². The van der Waals surface area contributed by atoms with E-state index in [9.17, 15) is 13.0 Å². The lowest BCUT2D eigenvalue weighted by Crippen LogP contribution is -2.52. The van der Waals surface area contributed by atoms with Gasteiger partial charge in [-0.15, -0.1) is 0 Å². The number of benzene rings is 2. The van der Waals surface area contributed by atoms with Crippen molar-refractivity contribution in [2.24, 2.45) is 0 Å². The Kier molecular flexibility index (Phi) is 6.33. The third-order valence-electron chi connectivity index (χ3n) is 6.78. The van der Waals surface area contributed by atoms with Gasteiger partial charge in [0.25, 0.3) is 6.43 Å². The number of methoxy groups -OCH3 is 1. The van der Waals surface area contributed by atoms with Crippen LogP contribution in [-0.2, 0) is 11.0 Å². The minimum Gasteiger partial charge on any atom is -0.495 e. The van der Waals surface area contributed by atoms with E-state index in [2.05, 4.69) is 9.80 Å². The summed E-state index contributed by atoms with van der Waals surface area (Å²) >= 11 is 6.12. The summed E-state index contributed by atoms with van der Waals surface area (Å²) in [6.45, 7) is 3.69. The van der Waals surface area contributed by atoms with E-state index in [1.54, 1.807) is 37.4 Å². The zero-order chi connectivity index (χ0) is 23.1. The summed E-state index contributed by atoms with van der Waals surface area (Å²) in [5.41, 5.74) is 1.14. The van der Waals surface area contributed by atoms with E-state index in [1.807, 2.05) is 6.07 Å². The predicted octanol–water partition coefficient (Wildman–Crippen LogP) is 5.49. The first-order chi connectivity index (χ1) is 16.0. The Morgan fingerprint density at radius 3 is 2.48 bits per heavy atom. The van der Waals surface area contributed by atoms with Crippen molar-refractivity contribution in [2.75, 3.05) is 38.2 Å². The molecule has 2 fully saturated rings. The molecule has 2 aliphatic rings. The summed E-state index contributed by atoms with van der Waals surface area (Å²) in [7, 11) is -0.103. The van der Waals surface area contributed by atoms with Crippen LogP contribution in [0.1, 0.15) is 31.3 Å². The molecule has 1 atom stereocenters. The van der Waals surface area contributed by atoms with E-state index in [0.29, 0.717) is 32.6 Å². The summed E-state index contributed by atoms with van der Waals surface area (Å²) in [6.07, 6.45) is 2.48. The van der Waals surface area contributed by atoms with Gasteiger partial charge in [0.2, 0.25) is 0 Å². The number of ether oxygens (including phenoxy) is 1. The van der Waals surface area contributed by atoms with E-state index in [0.717, 1.165) is 31.9 Å². The Hall–Kier alpha value is -2.16. The van der Waals surface area contributed by atoms with Gasteiger partial charge in [-0.05, 0) is 43.2 Å². The van der Waals surface area contributed by atoms with Gasteiger partial charge in [-0.25, -0.2) is 13.0 Å². The predicted molar refractivity (Wildman–Crippen MR) is 128 cm³/mol. The van der Waals surface area contributed by atoms with Crippen molar-refractivity contribution in [1.82, 2.24) is 8.87 Å². The van der Waals surface area contributed by atoms with Crippen LogP contribution in [0.2, 0.25) is 5.02 Å². The fourth-order valence-corrected chi connectivity index (χ4v) is 6.06. The monoisotopic (exact) mass is 493 g/mol. The van der Waals surface area contributed by atoms with Gasteiger partial charge in [0.1, 0.15) is 5.75 Å². The zero-order valence-corrected chi connectivity index (χ0v) is 19.9. The SMILES string of the molecule is COc1ccc(S(=O)n2cc(C(F)F)c3ccc(Cl)cc32)cc1N1CCN(C2CCC2)CC1. The molecule has 0 N–H and O–H groups in total. The Balaban J connectivity index is 1.47. The molecule has 1 saturated heterocycles. The average Bonchev–Trinajstić information content (AvgIpc) is 3.16. The maximum Gasteiger partial charge on any atom is 0.265 e. The Morgan fingerprint density at radius 2 is 1.85 bits per heavy atom. The number of halogens is 3. The lowest BCUT2D eigenvalue weighted by atomic mass is 9.91. The van der Waals surface area contributed by atoms with E-state index in [4.69, 9.17) is 16.3 Å². The van der Waals surface area contributed by atoms with E-state index >= 15 is 0 Å². The van der Waals surface area contributed by atoms with Gasteiger partial charge in [-0.2, -0.15) is 0 Å². The molecule has 1 aliphatic carbocycles. The van der Waals surface area contributed by atoms with Crippen LogP contribution in [0.3, 0.4) is 0 Å². The summed E-state index contributed by atoms with van der Waals surface area (Å²) in [4.78, 5) is 5.32. The van der Waals surface area contributed by atoms with Crippen molar-refractivity contribution in [2.45, 2.75) is 36.6 Å². The molecule has 1 aromatic heterocycles. The number of aromatic nitrogens is 1. The number of hydrogen-bond donors (Lipinski definition) is 0. The van der Waals surface area contributed by atoms with Gasteiger partial charge in [-0.3, -0.25) is 8.87 Å². The van der Waals surface area contributed by atoms with Crippen LogP contribution in [-0.4, -0.2) is 52.4 Å². The van der Waals surface area contributed by atoms with E-state index in [-0.39, 0.29) is 5.56 Å². The first-order valence-electron chi connectivity index (χ1n) is 11.1. The van der Waals surface area contributed by atoms with Crippen LogP contribution in [0.25, 0.3) is 10.9 Å². The summed E-state index contributed by atoms with van der Waals surface area (Å²) < 4.78 is 47.8. The molecular formula is C24H26ClF2N3O2S. The molecule has 9 heteroatoms. The van der Waals surface area contributed by atoms with Gasteiger partial charge in [0.15, 0.2) is 11.0 Å². The molecule has 1 saturated carbocycles. The number of hydrogen-bond acceptors (Lipinski definition) is 4. The highest BCUT2D eigenvalue weighted by atomic mass is 35.5. The topological polar surface area (TPSA) is 37.7 Å². The molecule has 5 nitrogen and oxygen atoms in total. The normalized spacial score (nSPS) is 18.6. The van der Waals surface area contributed by atoms with Crippen LogP contribution in [0.15, 0.2) is 47.5 Å². The first-order valence-corrected chi connectivity index (χ1v) is 12.6. The molecule has 0 amide bonds. The van der Waals surface area contributed by atoms with E-state index in [1.165, 1.54) is 29.4 Å². The number of fused-ring (bicyclic) bond motifs is 1. The fraction of sp³-hybridized carbons (Fsp3) is 0.417. The second-order valence-electron chi connectivity index (χ2n) is 8.56. The molecular weight excluding hydrogens is 468 g/mol. The van der Waals surface area contributed by atoms with Crippen LogP contribution >= 0.6 is 11.6 Å². The number of nitrogens with zero attached hydrogens (tertiary/aromatic N) is 3. The number of piperazine rings is 1. The van der Waals surface area contributed by atoms with Crippen molar-refractivity contribution < 1.29 is 17.7 Å². The Labute approximate surface area is 199 Å². The molecule has 0 bridgehead atoms. The second-order valence-corrected chi connectivity index (χ2v) is 10.4. The van der Waals surface area contributed by atoms with Crippen LogP contribution in [0.4, 0.5) is 14.5 Å². The summed E-state index contributed by atoms with van der Waals surface area (Å²) in [5, 5.41) is 0.753. The molecule has 2 heterocycles. The third-order valence-corrected chi connectivity index (χ3v) is 8.33. The molecule has 1 aliphatic heterocycles. The number of alkyl halides is 2. The maximum absolute atomic E-state index is 13.6. The fourth-order valence-electron chi connectivity index (χ4n) is 4.73. The van der Waals surface area contributed by atoms with Crippen LogP contribution in [0, 0.1) is 0 Å². The highest BCUT2D eigenvalue weighted by Crippen LogP contribution is 2.36. The summed E-state index contributed by atoms with van der Waals surface area (Å²) in [5.74, 6) is 0.710. The molecule has 2 aromatic carbocycles. The van der Waals surface area contributed by atoms with Crippen molar-refractivity contribution in [3.63, 3.8) is 0 Å². The lowest BCUT2D eigenvalue weighted by Gasteiger charge is -2.43. The Bertz CT molecular complexity index is 1190. The van der Waals surface area contributed by atoms with Crippen LogP contribution in [0.5, 0.6) is 5.75 Å². The molecule has 5 rings (SSSR count). The second kappa shape index (κ2) is 9.24. The van der Waals surface area contributed by atoms with Crippen molar-refractivity contribution in [3.05, 3.63) is 53.2 Å². The van der Waals surface area contributed by atoms with Gasteiger partial charge >= 0.3 is 0 Å². The standard InChI is InChI=1S/C24H26ClF2N3O2S/c1-32-23-8-6-18(14-22(23)29-11-9-28(10-12-29)17-3-2-4-17)33(31)30-15-20(24(26)27)19-7-5-16(25)13-21(19)30/h5-8,13-15,17,24H,2-4,9-12H2,1H3. The average molecular weight is 494 g/mol. The van der Waals surface area contributed by atoms with Gasteiger partial charge < -0.3 is 9.64 Å². The minimum atomic E-state index is -2.68. The lowest BCUT2D eigenvalue weighted by molar-refractivity contribution is 0.120. The molecule has 176 valence electrons. The zero-order valence-electron chi connectivity index (χ0n) is 18.3. The van der Waals surface area contributed by atoms with Crippen molar-refractivity contribution in [1.29, 1.82) is 0 Å². The van der Waals surface area contributed by atoms with Gasteiger partial charge in [-0.1, -0.05) is 24.1 Å². The minimum absolute atomic E-state index is 0.157. The van der Waals surface area contributed by atoms with Crippen molar-refractivity contribution >= 4 is 39.2 Å². The Morgan fingerprint density at radius 1 is 1.09 bits per heavy atom. The molecule has 3 aromatic rings. The quantitative estimate of drug-likeness (QED) is 0.455. The molecule has 0 spiro atoms.